The van der Waals surface area contributed by atoms with Crippen molar-refractivity contribution in [3.05, 3.63) is 27.8 Å². The summed E-state index contributed by atoms with van der Waals surface area (Å²) in [5.74, 6) is 1.13. The average Bonchev–Trinajstić information content (AvgIpc) is 2.72. The summed E-state index contributed by atoms with van der Waals surface area (Å²) in [4.78, 5) is 12.8. The molecule has 0 aliphatic carbocycles. The van der Waals surface area contributed by atoms with Crippen molar-refractivity contribution in [1.82, 2.24) is 15.0 Å². The van der Waals surface area contributed by atoms with Crippen LogP contribution in [0.2, 0.25) is 0 Å². The number of aryl methyl sites for hydroxylation is 2. The van der Waals surface area contributed by atoms with E-state index in [0.29, 0.717) is 18.4 Å². The van der Waals surface area contributed by atoms with E-state index < -0.39 is 0 Å². The molecule has 0 aliphatic rings. The molecule has 0 saturated carbocycles. The van der Waals surface area contributed by atoms with Gasteiger partial charge in [-0.15, -0.1) is 11.3 Å². The summed E-state index contributed by atoms with van der Waals surface area (Å²) in [6.07, 6.45) is 0. The van der Waals surface area contributed by atoms with Crippen LogP contribution in [0.25, 0.3) is 0 Å². The summed E-state index contributed by atoms with van der Waals surface area (Å²) in [6, 6.07) is 1.79. The van der Waals surface area contributed by atoms with Crippen LogP contribution in [-0.4, -0.2) is 22.1 Å². The average molecular weight is 250 g/mol. The largest absolute Gasteiger partial charge is 0.481 e. The van der Waals surface area contributed by atoms with Crippen LogP contribution in [0.5, 0.6) is 5.88 Å². The van der Waals surface area contributed by atoms with Crippen LogP contribution in [0, 0.1) is 13.8 Å². The molecule has 0 spiro atoms. The van der Waals surface area contributed by atoms with Crippen LogP contribution >= 0.6 is 11.3 Å². The van der Waals surface area contributed by atoms with Gasteiger partial charge in [-0.25, -0.2) is 9.97 Å². The quantitative estimate of drug-likeness (QED) is 0.901. The summed E-state index contributed by atoms with van der Waals surface area (Å²) >= 11 is 1.63. The van der Waals surface area contributed by atoms with E-state index in [9.17, 15) is 0 Å². The normalized spacial score (nSPS) is 10.3. The number of thiazole rings is 1. The van der Waals surface area contributed by atoms with Gasteiger partial charge in [0.05, 0.1) is 24.4 Å². The molecule has 2 rings (SSSR count). The number of nitrogens with zero attached hydrogens (tertiary/aromatic N) is 3. The first-order chi connectivity index (χ1) is 8.17. The molecule has 5 nitrogen and oxygen atoms in total. The fraction of sp³-hybridized carbons (Fsp3) is 0.364. The van der Waals surface area contributed by atoms with E-state index in [1.54, 1.807) is 24.5 Å². The Balaban J connectivity index is 2.05. The smallest absolute Gasteiger partial charge is 0.226 e. The van der Waals surface area contributed by atoms with Crippen molar-refractivity contribution in [3.8, 4) is 5.88 Å². The van der Waals surface area contributed by atoms with E-state index in [4.69, 9.17) is 4.74 Å². The molecule has 6 heteroatoms. The van der Waals surface area contributed by atoms with Gasteiger partial charge in [0, 0.05) is 17.1 Å². The summed E-state index contributed by atoms with van der Waals surface area (Å²) in [6.45, 7) is 4.51. The molecule has 2 heterocycles. The van der Waals surface area contributed by atoms with Gasteiger partial charge in [-0.2, -0.15) is 4.98 Å². The Morgan fingerprint density at radius 2 is 2.12 bits per heavy atom. The van der Waals surface area contributed by atoms with E-state index in [1.807, 2.05) is 19.2 Å². The minimum Gasteiger partial charge on any atom is -0.481 e. The highest BCUT2D eigenvalue weighted by Crippen LogP contribution is 2.13. The van der Waals surface area contributed by atoms with E-state index >= 15 is 0 Å². The summed E-state index contributed by atoms with van der Waals surface area (Å²) in [7, 11) is 1.59. The third-order valence-corrected chi connectivity index (χ3v) is 2.96. The molecule has 90 valence electrons. The first kappa shape index (κ1) is 11.8. The molecule has 1 N–H and O–H groups in total. The maximum atomic E-state index is 5.09. The molecule has 2 aromatic heterocycles. The predicted octanol–water partition coefficient (Wildman–Crippen LogP) is 2.17. The second-order valence-corrected chi connectivity index (χ2v) is 4.65. The van der Waals surface area contributed by atoms with Crippen molar-refractivity contribution in [3.63, 3.8) is 0 Å². The summed E-state index contributed by atoms with van der Waals surface area (Å²) in [5.41, 5.74) is 1.87. The summed E-state index contributed by atoms with van der Waals surface area (Å²) in [5, 5.41) is 6.21. The van der Waals surface area contributed by atoms with Crippen LogP contribution in [-0.2, 0) is 6.54 Å². The van der Waals surface area contributed by atoms with Crippen molar-refractivity contribution in [1.29, 1.82) is 0 Å². The second-order valence-electron chi connectivity index (χ2n) is 3.59. The first-order valence-electron chi connectivity index (χ1n) is 5.22. The number of nitrogens with one attached hydrogen (secondary N) is 1. The molecule has 0 fully saturated rings. The molecule has 17 heavy (non-hydrogen) atoms. The van der Waals surface area contributed by atoms with Gasteiger partial charge in [0.1, 0.15) is 0 Å². The third kappa shape index (κ3) is 3.13. The number of rotatable bonds is 4. The molecule has 0 aromatic carbocycles. The standard InChI is InChI=1S/C11H14N4OS/c1-7-4-10(16-3)15-11(13-7)12-5-9-6-17-8(2)14-9/h4,6H,5H2,1-3H3,(H,12,13,15). The Morgan fingerprint density at radius 1 is 1.29 bits per heavy atom. The van der Waals surface area contributed by atoms with E-state index in [2.05, 4.69) is 20.3 Å². The zero-order valence-corrected chi connectivity index (χ0v) is 10.8. The van der Waals surface area contributed by atoms with Gasteiger partial charge in [0.25, 0.3) is 0 Å². The fourth-order valence-corrected chi connectivity index (χ4v) is 1.99. The Labute approximate surface area is 104 Å². The Morgan fingerprint density at radius 3 is 2.76 bits per heavy atom. The maximum Gasteiger partial charge on any atom is 0.226 e. The minimum atomic E-state index is 0.563. The lowest BCUT2D eigenvalue weighted by Gasteiger charge is -2.05. The topological polar surface area (TPSA) is 59.9 Å². The highest BCUT2D eigenvalue weighted by Gasteiger charge is 2.03. The number of hydrogen-bond donors (Lipinski definition) is 1. The van der Waals surface area contributed by atoms with Crippen LogP contribution < -0.4 is 10.1 Å². The molecule has 0 unspecified atom stereocenters. The van der Waals surface area contributed by atoms with Crippen LogP contribution in [0.1, 0.15) is 16.4 Å². The van der Waals surface area contributed by atoms with Crippen LogP contribution in [0.3, 0.4) is 0 Å². The zero-order valence-electron chi connectivity index (χ0n) is 10.0. The van der Waals surface area contributed by atoms with Gasteiger partial charge in [-0.05, 0) is 13.8 Å². The highest BCUT2D eigenvalue weighted by molar-refractivity contribution is 7.09. The predicted molar refractivity (Wildman–Crippen MR) is 67.5 cm³/mol. The van der Waals surface area contributed by atoms with Crippen molar-refractivity contribution < 1.29 is 4.74 Å². The number of aromatic nitrogens is 3. The molecular weight excluding hydrogens is 236 g/mol. The van der Waals surface area contributed by atoms with Gasteiger partial charge in [0.15, 0.2) is 0 Å². The van der Waals surface area contributed by atoms with Gasteiger partial charge >= 0.3 is 0 Å². The highest BCUT2D eigenvalue weighted by atomic mass is 32.1. The van der Waals surface area contributed by atoms with Crippen molar-refractivity contribution in [2.45, 2.75) is 20.4 Å². The minimum absolute atomic E-state index is 0.563. The van der Waals surface area contributed by atoms with E-state index in [1.165, 1.54) is 0 Å². The second kappa shape index (κ2) is 5.09. The lowest BCUT2D eigenvalue weighted by atomic mass is 10.4. The first-order valence-corrected chi connectivity index (χ1v) is 6.10. The molecular formula is C11H14N4OS. The van der Waals surface area contributed by atoms with Crippen LogP contribution in [0.4, 0.5) is 5.95 Å². The Kier molecular flexibility index (Phi) is 3.53. The van der Waals surface area contributed by atoms with Crippen molar-refractivity contribution in [2.24, 2.45) is 0 Å². The Bertz CT molecular complexity index is 512. The number of methoxy groups -OCH3 is 1. The monoisotopic (exact) mass is 250 g/mol. The van der Waals surface area contributed by atoms with Gasteiger partial charge < -0.3 is 10.1 Å². The summed E-state index contributed by atoms with van der Waals surface area (Å²) < 4.78 is 5.09. The molecule has 0 radical (unpaired) electrons. The molecule has 0 atom stereocenters. The molecule has 0 bridgehead atoms. The number of anilines is 1. The van der Waals surface area contributed by atoms with Crippen LogP contribution in [0.15, 0.2) is 11.4 Å². The number of hydrogen-bond acceptors (Lipinski definition) is 6. The third-order valence-electron chi connectivity index (χ3n) is 2.13. The fourth-order valence-electron chi connectivity index (χ4n) is 1.38. The van der Waals surface area contributed by atoms with Crippen molar-refractivity contribution in [2.75, 3.05) is 12.4 Å². The molecule has 0 saturated heterocycles. The lowest BCUT2D eigenvalue weighted by Crippen LogP contribution is -2.05. The Hall–Kier alpha value is -1.69. The van der Waals surface area contributed by atoms with Gasteiger partial charge in [0.2, 0.25) is 11.8 Å². The van der Waals surface area contributed by atoms with Gasteiger partial charge in [-0.1, -0.05) is 0 Å². The SMILES string of the molecule is COc1cc(C)nc(NCc2csc(C)n2)n1. The molecule has 0 amide bonds. The molecule has 2 aromatic rings. The zero-order chi connectivity index (χ0) is 12.3. The van der Waals surface area contributed by atoms with Gasteiger partial charge in [-0.3, -0.25) is 0 Å². The van der Waals surface area contributed by atoms with Crippen molar-refractivity contribution >= 4 is 17.3 Å². The van der Waals surface area contributed by atoms with E-state index in [-0.39, 0.29) is 0 Å². The number of ether oxygens (including phenoxy) is 1. The maximum absolute atomic E-state index is 5.09. The molecule has 0 aliphatic heterocycles. The van der Waals surface area contributed by atoms with E-state index in [0.717, 1.165) is 16.4 Å². The lowest BCUT2D eigenvalue weighted by molar-refractivity contribution is 0.397.